The van der Waals surface area contributed by atoms with Gasteiger partial charge in [0.2, 0.25) is 0 Å². The molecule has 0 aromatic heterocycles. The van der Waals surface area contributed by atoms with E-state index in [-0.39, 0.29) is 0 Å². The van der Waals surface area contributed by atoms with Crippen molar-refractivity contribution < 1.29 is 0 Å². The van der Waals surface area contributed by atoms with Gasteiger partial charge in [0.25, 0.3) is 0 Å². The van der Waals surface area contributed by atoms with Crippen LogP contribution in [0.1, 0.15) is 22.3 Å². The van der Waals surface area contributed by atoms with Crippen LogP contribution in [0, 0.1) is 0 Å². The Hall–Kier alpha value is -4.10. The van der Waals surface area contributed by atoms with E-state index in [2.05, 4.69) is 115 Å². The van der Waals surface area contributed by atoms with E-state index < -0.39 is 5.41 Å². The smallest absolute Gasteiger partial charge is 0.0719 e. The average molecular weight is 540 g/mol. The van der Waals surface area contributed by atoms with Crippen molar-refractivity contribution in [2.45, 2.75) is 5.41 Å². The van der Waals surface area contributed by atoms with Crippen molar-refractivity contribution in [3.63, 3.8) is 0 Å². The number of hydrogen-bond donors (Lipinski definition) is 0. The zero-order valence-electron chi connectivity index (χ0n) is 21.1. The van der Waals surface area contributed by atoms with Crippen LogP contribution in [0.5, 0.6) is 0 Å². The maximum atomic E-state index is 7.26. The highest BCUT2D eigenvalue weighted by Crippen LogP contribution is 2.58. The molecule has 0 saturated heterocycles. The van der Waals surface area contributed by atoms with E-state index in [0.29, 0.717) is 10.0 Å². The third-order valence-corrected chi connectivity index (χ3v) is 8.68. The van der Waals surface area contributed by atoms with Gasteiger partial charge in [-0.25, -0.2) is 0 Å². The van der Waals surface area contributed by atoms with Crippen LogP contribution < -0.4 is 0 Å². The van der Waals surface area contributed by atoms with E-state index in [1.165, 1.54) is 33.4 Å². The van der Waals surface area contributed by atoms with Gasteiger partial charge in [0, 0.05) is 21.7 Å². The van der Waals surface area contributed by atoms with Crippen LogP contribution in [0.2, 0.25) is 10.0 Å². The van der Waals surface area contributed by atoms with Crippen molar-refractivity contribution in [3.8, 4) is 33.4 Å². The Labute approximate surface area is 239 Å². The number of rotatable bonds is 4. The van der Waals surface area contributed by atoms with Crippen molar-refractivity contribution in [1.82, 2.24) is 0 Å². The maximum absolute atomic E-state index is 7.26. The second kappa shape index (κ2) is 9.58. The highest BCUT2D eigenvalue weighted by atomic mass is 35.5. The first-order chi connectivity index (χ1) is 19.2. The fourth-order valence-electron chi connectivity index (χ4n) is 6.35. The van der Waals surface area contributed by atoms with Gasteiger partial charge in [-0.15, -0.1) is 0 Å². The summed E-state index contributed by atoms with van der Waals surface area (Å²) in [5.74, 6) is 0. The lowest BCUT2D eigenvalue weighted by atomic mass is 9.66. The van der Waals surface area contributed by atoms with Crippen molar-refractivity contribution in [1.29, 1.82) is 0 Å². The average Bonchev–Trinajstić information content (AvgIpc) is 3.29. The summed E-state index contributed by atoms with van der Waals surface area (Å²) in [7, 11) is 0. The highest BCUT2D eigenvalue weighted by molar-refractivity contribution is 6.38. The van der Waals surface area contributed by atoms with Crippen LogP contribution in [-0.2, 0) is 5.41 Å². The van der Waals surface area contributed by atoms with E-state index in [1.54, 1.807) is 0 Å². The molecule has 7 rings (SSSR count). The summed E-state index contributed by atoms with van der Waals surface area (Å²) in [5, 5.41) is 1.38. The Balaban J connectivity index is 1.58. The molecule has 6 aromatic carbocycles. The molecule has 0 spiro atoms. The summed E-state index contributed by atoms with van der Waals surface area (Å²) in [6.45, 7) is 0. The van der Waals surface area contributed by atoms with E-state index in [9.17, 15) is 0 Å². The Morgan fingerprint density at radius 1 is 0.333 bits per heavy atom. The van der Waals surface area contributed by atoms with E-state index in [0.717, 1.165) is 22.3 Å². The summed E-state index contributed by atoms with van der Waals surface area (Å²) in [6, 6.07) is 51.2. The molecule has 2 heteroatoms. The minimum absolute atomic E-state index is 0.505. The lowest BCUT2D eigenvalue weighted by Gasteiger charge is -2.35. The minimum atomic E-state index is -0.505. The first-order valence-corrected chi connectivity index (χ1v) is 13.8. The fourth-order valence-corrected chi connectivity index (χ4v) is 6.92. The molecule has 0 heterocycles. The summed E-state index contributed by atoms with van der Waals surface area (Å²) >= 11 is 13.9. The molecule has 0 N–H and O–H groups in total. The summed E-state index contributed by atoms with van der Waals surface area (Å²) in [4.78, 5) is 0. The molecule has 0 nitrogen and oxygen atoms in total. The molecule has 6 aromatic rings. The summed E-state index contributed by atoms with van der Waals surface area (Å²) in [5.41, 5.74) is 11.0. The van der Waals surface area contributed by atoms with Gasteiger partial charge in [-0.05, 0) is 45.0 Å². The van der Waals surface area contributed by atoms with Gasteiger partial charge in [0.05, 0.1) is 10.4 Å². The molecular weight excluding hydrogens is 515 g/mol. The van der Waals surface area contributed by atoms with Crippen molar-refractivity contribution >= 4 is 23.2 Å². The lowest BCUT2D eigenvalue weighted by molar-refractivity contribution is 0.770. The molecule has 0 saturated carbocycles. The molecule has 0 radical (unpaired) electrons. The van der Waals surface area contributed by atoms with E-state index in [1.807, 2.05) is 30.3 Å². The Bertz CT molecular complexity index is 1790. The van der Waals surface area contributed by atoms with Crippen LogP contribution in [-0.4, -0.2) is 0 Å². The zero-order chi connectivity index (χ0) is 26.4. The van der Waals surface area contributed by atoms with Crippen LogP contribution in [0.4, 0.5) is 0 Å². The first-order valence-electron chi connectivity index (χ1n) is 13.1. The molecule has 0 aliphatic heterocycles. The molecule has 0 amide bonds. The summed E-state index contributed by atoms with van der Waals surface area (Å²) in [6.07, 6.45) is 0. The largest absolute Gasteiger partial charge is 0.0837 e. The van der Waals surface area contributed by atoms with Gasteiger partial charge in [-0.1, -0.05) is 163 Å². The maximum Gasteiger partial charge on any atom is 0.0719 e. The number of benzene rings is 6. The SMILES string of the molecule is Clc1ccccc1-c1cccc(-c2ccccc2C2(c3ccccc3)c3ccccc3-c3ccccc32)c1Cl. The van der Waals surface area contributed by atoms with E-state index >= 15 is 0 Å². The number of hydrogen-bond acceptors (Lipinski definition) is 0. The normalized spacial score (nSPS) is 13.1. The van der Waals surface area contributed by atoms with Crippen LogP contribution in [0.3, 0.4) is 0 Å². The second-order valence-electron chi connectivity index (χ2n) is 9.90. The molecule has 39 heavy (non-hydrogen) atoms. The van der Waals surface area contributed by atoms with Gasteiger partial charge >= 0.3 is 0 Å². The van der Waals surface area contributed by atoms with Gasteiger partial charge < -0.3 is 0 Å². The molecule has 186 valence electrons. The van der Waals surface area contributed by atoms with Gasteiger partial charge in [-0.2, -0.15) is 0 Å². The predicted molar refractivity (Wildman–Crippen MR) is 165 cm³/mol. The number of fused-ring (bicyclic) bond motifs is 3. The molecule has 1 aliphatic carbocycles. The summed E-state index contributed by atoms with van der Waals surface area (Å²) < 4.78 is 0. The third kappa shape index (κ3) is 3.60. The topological polar surface area (TPSA) is 0 Å². The van der Waals surface area contributed by atoms with Gasteiger partial charge in [0.15, 0.2) is 0 Å². The molecule has 0 fully saturated rings. The van der Waals surface area contributed by atoms with Crippen molar-refractivity contribution in [2.24, 2.45) is 0 Å². The van der Waals surface area contributed by atoms with Gasteiger partial charge in [0.1, 0.15) is 0 Å². The first kappa shape index (κ1) is 24.0. The van der Waals surface area contributed by atoms with Gasteiger partial charge in [-0.3, -0.25) is 0 Å². The Morgan fingerprint density at radius 2 is 0.718 bits per heavy atom. The Kier molecular flexibility index (Phi) is 5.89. The molecule has 0 bridgehead atoms. The zero-order valence-corrected chi connectivity index (χ0v) is 22.6. The second-order valence-corrected chi connectivity index (χ2v) is 10.7. The quantitative estimate of drug-likeness (QED) is 0.209. The number of halogens is 2. The highest BCUT2D eigenvalue weighted by Gasteiger charge is 2.47. The van der Waals surface area contributed by atoms with Crippen LogP contribution >= 0.6 is 23.2 Å². The lowest BCUT2D eigenvalue weighted by Crippen LogP contribution is -2.29. The molecular formula is C37H24Cl2. The molecule has 1 aliphatic rings. The van der Waals surface area contributed by atoms with E-state index in [4.69, 9.17) is 23.2 Å². The molecule has 0 atom stereocenters. The molecule has 0 unspecified atom stereocenters. The van der Waals surface area contributed by atoms with Crippen molar-refractivity contribution in [2.75, 3.05) is 0 Å². The Morgan fingerprint density at radius 3 is 1.26 bits per heavy atom. The minimum Gasteiger partial charge on any atom is -0.0837 e. The van der Waals surface area contributed by atoms with Crippen LogP contribution in [0.15, 0.2) is 146 Å². The standard InChI is InChI=1S/C37H24Cl2/c38-35-24-11-7-18-29(35)31-20-12-19-30(36(31)39)28-17-6-10-23-34(28)37(25-13-2-1-3-14-25)32-21-8-4-15-26(32)27-16-5-9-22-33(27)37/h1-24H. The van der Waals surface area contributed by atoms with Crippen LogP contribution in [0.25, 0.3) is 33.4 Å². The fraction of sp³-hybridized carbons (Fsp3) is 0.0270. The predicted octanol–water partition coefficient (Wildman–Crippen LogP) is 10.7. The van der Waals surface area contributed by atoms with Crippen molar-refractivity contribution in [3.05, 3.63) is 178 Å². The monoisotopic (exact) mass is 538 g/mol. The third-order valence-electron chi connectivity index (χ3n) is 7.94.